The van der Waals surface area contributed by atoms with E-state index in [0.29, 0.717) is 11.5 Å². The normalized spacial score (nSPS) is 17.4. The topological polar surface area (TPSA) is 41.6 Å². The van der Waals surface area contributed by atoms with Gasteiger partial charge in [0.2, 0.25) is 0 Å². The van der Waals surface area contributed by atoms with E-state index in [-0.39, 0.29) is 6.54 Å². The average Bonchev–Trinajstić information content (AvgIpc) is 2.45. The fourth-order valence-electron chi connectivity index (χ4n) is 2.24. The highest BCUT2D eigenvalue weighted by Gasteiger charge is 2.30. The molecule has 1 saturated heterocycles. The fraction of sp³-hybridized carbons (Fsp3) is 0.500. The molecule has 0 amide bonds. The van der Waals surface area contributed by atoms with Crippen molar-refractivity contribution in [2.45, 2.75) is 32.0 Å². The third-order valence-corrected chi connectivity index (χ3v) is 3.36. The summed E-state index contributed by atoms with van der Waals surface area (Å²) >= 11 is 0. The summed E-state index contributed by atoms with van der Waals surface area (Å²) in [4.78, 5) is 6.18. The molecule has 0 radical (unpaired) electrons. The van der Waals surface area contributed by atoms with Crippen LogP contribution in [0.1, 0.15) is 30.4 Å². The van der Waals surface area contributed by atoms with Crippen LogP contribution in [0.2, 0.25) is 0 Å². The van der Waals surface area contributed by atoms with Gasteiger partial charge in [-0.3, -0.25) is 0 Å². The van der Waals surface area contributed by atoms with Crippen LogP contribution in [0.4, 0.5) is 13.2 Å². The van der Waals surface area contributed by atoms with Gasteiger partial charge in [0.1, 0.15) is 0 Å². The number of rotatable bonds is 2. The highest BCUT2D eigenvalue weighted by Crippen LogP contribution is 2.29. The van der Waals surface area contributed by atoms with Crippen LogP contribution in [0.15, 0.2) is 29.3 Å². The second-order valence-electron chi connectivity index (χ2n) is 4.92. The Kier molecular flexibility index (Phi) is 4.52. The number of piperidine rings is 1. The minimum atomic E-state index is -4.32. The van der Waals surface area contributed by atoms with Crippen LogP contribution >= 0.6 is 0 Å². The molecule has 1 aliphatic heterocycles. The Morgan fingerprint density at radius 3 is 2.55 bits per heavy atom. The maximum Gasteiger partial charge on any atom is 0.416 e. The lowest BCUT2D eigenvalue weighted by Crippen LogP contribution is -2.40. The van der Waals surface area contributed by atoms with Gasteiger partial charge in [-0.05, 0) is 37.0 Å². The zero-order chi connectivity index (χ0) is 14.6. The quantitative estimate of drug-likeness (QED) is 0.670. The number of guanidine groups is 1. The van der Waals surface area contributed by atoms with Gasteiger partial charge in [-0.1, -0.05) is 12.1 Å². The van der Waals surface area contributed by atoms with Crippen molar-refractivity contribution < 1.29 is 13.2 Å². The van der Waals surface area contributed by atoms with Gasteiger partial charge >= 0.3 is 6.18 Å². The highest BCUT2D eigenvalue weighted by molar-refractivity contribution is 5.78. The van der Waals surface area contributed by atoms with E-state index < -0.39 is 11.7 Å². The lowest BCUT2D eigenvalue weighted by atomic mass is 10.1. The van der Waals surface area contributed by atoms with Crippen LogP contribution in [0.25, 0.3) is 0 Å². The molecule has 1 aliphatic rings. The van der Waals surface area contributed by atoms with Crippen molar-refractivity contribution in [3.63, 3.8) is 0 Å². The van der Waals surface area contributed by atoms with Gasteiger partial charge in [0, 0.05) is 13.1 Å². The first kappa shape index (κ1) is 14.7. The van der Waals surface area contributed by atoms with Gasteiger partial charge in [0.15, 0.2) is 5.96 Å². The molecule has 6 heteroatoms. The van der Waals surface area contributed by atoms with Crippen molar-refractivity contribution in [2.75, 3.05) is 13.1 Å². The Morgan fingerprint density at radius 2 is 1.90 bits per heavy atom. The molecule has 0 aliphatic carbocycles. The number of nitrogens with zero attached hydrogens (tertiary/aromatic N) is 2. The molecule has 1 aromatic rings. The molecule has 110 valence electrons. The molecular formula is C14H18F3N3. The molecule has 0 spiro atoms. The van der Waals surface area contributed by atoms with E-state index >= 15 is 0 Å². The molecular weight excluding hydrogens is 267 g/mol. The number of hydrogen-bond acceptors (Lipinski definition) is 1. The van der Waals surface area contributed by atoms with Crippen molar-refractivity contribution in [1.29, 1.82) is 0 Å². The van der Waals surface area contributed by atoms with Crippen LogP contribution in [0.5, 0.6) is 0 Å². The van der Waals surface area contributed by atoms with Gasteiger partial charge in [-0.2, -0.15) is 13.2 Å². The molecule has 0 saturated carbocycles. The molecule has 1 heterocycles. The lowest BCUT2D eigenvalue weighted by Gasteiger charge is -2.27. The monoisotopic (exact) mass is 285 g/mol. The zero-order valence-corrected chi connectivity index (χ0v) is 11.2. The third-order valence-electron chi connectivity index (χ3n) is 3.36. The molecule has 2 rings (SSSR count). The Balaban J connectivity index is 2.02. The van der Waals surface area contributed by atoms with Gasteiger partial charge in [0.25, 0.3) is 0 Å². The van der Waals surface area contributed by atoms with Crippen molar-refractivity contribution in [2.24, 2.45) is 10.7 Å². The smallest absolute Gasteiger partial charge is 0.370 e. The number of benzene rings is 1. The molecule has 1 fully saturated rings. The van der Waals surface area contributed by atoms with Gasteiger partial charge in [0.05, 0.1) is 12.1 Å². The summed E-state index contributed by atoms with van der Waals surface area (Å²) in [5, 5.41) is 0. The van der Waals surface area contributed by atoms with Crippen LogP contribution in [0, 0.1) is 0 Å². The predicted octanol–water partition coefficient (Wildman–Crippen LogP) is 3.01. The maximum atomic E-state index is 12.6. The molecule has 2 N–H and O–H groups in total. The first-order valence-electron chi connectivity index (χ1n) is 6.68. The number of halogens is 3. The van der Waals surface area contributed by atoms with Crippen LogP contribution < -0.4 is 5.73 Å². The summed E-state index contributed by atoms with van der Waals surface area (Å²) in [7, 11) is 0. The van der Waals surface area contributed by atoms with Crippen molar-refractivity contribution in [3.05, 3.63) is 35.4 Å². The highest BCUT2D eigenvalue weighted by atomic mass is 19.4. The van der Waals surface area contributed by atoms with Gasteiger partial charge in [-0.15, -0.1) is 0 Å². The summed E-state index contributed by atoms with van der Waals surface area (Å²) in [5.41, 5.74) is 5.74. The molecule has 0 unspecified atom stereocenters. The van der Waals surface area contributed by atoms with E-state index in [0.717, 1.165) is 38.1 Å². The largest absolute Gasteiger partial charge is 0.416 e. The number of hydrogen-bond donors (Lipinski definition) is 1. The number of alkyl halides is 3. The van der Waals surface area contributed by atoms with Gasteiger partial charge in [-0.25, -0.2) is 4.99 Å². The fourth-order valence-corrected chi connectivity index (χ4v) is 2.24. The Morgan fingerprint density at radius 1 is 1.20 bits per heavy atom. The number of likely N-dealkylation sites (tertiary alicyclic amines) is 1. The summed E-state index contributed by atoms with van der Waals surface area (Å²) in [6, 6.07) is 5.20. The van der Waals surface area contributed by atoms with Crippen molar-refractivity contribution >= 4 is 5.96 Å². The minimum absolute atomic E-state index is 0.173. The molecule has 0 aromatic heterocycles. The molecule has 0 bridgehead atoms. The van der Waals surface area contributed by atoms with Crippen LogP contribution in [-0.4, -0.2) is 23.9 Å². The van der Waals surface area contributed by atoms with E-state index in [1.807, 2.05) is 4.90 Å². The summed E-state index contributed by atoms with van der Waals surface area (Å²) < 4.78 is 37.8. The molecule has 1 aromatic carbocycles. The first-order chi connectivity index (χ1) is 9.47. The van der Waals surface area contributed by atoms with Crippen molar-refractivity contribution in [1.82, 2.24) is 4.90 Å². The zero-order valence-electron chi connectivity index (χ0n) is 11.2. The second-order valence-corrected chi connectivity index (χ2v) is 4.92. The second kappa shape index (κ2) is 6.15. The third kappa shape index (κ3) is 3.88. The Bertz CT molecular complexity index is 477. The molecule has 0 atom stereocenters. The van der Waals surface area contributed by atoms with E-state index in [1.54, 1.807) is 6.07 Å². The van der Waals surface area contributed by atoms with Crippen LogP contribution in [-0.2, 0) is 12.7 Å². The van der Waals surface area contributed by atoms with Crippen LogP contribution in [0.3, 0.4) is 0 Å². The predicted molar refractivity (Wildman–Crippen MR) is 72.2 cm³/mol. The van der Waals surface area contributed by atoms with Gasteiger partial charge < -0.3 is 10.6 Å². The molecule has 3 nitrogen and oxygen atoms in total. The summed E-state index contributed by atoms with van der Waals surface area (Å²) in [6.07, 6.45) is -0.963. The molecule has 20 heavy (non-hydrogen) atoms. The summed E-state index contributed by atoms with van der Waals surface area (Å²) in [5.74, 6) is 0.419. The number of nitrogens with two attached hydrogens (primary N) is 1. The van der Waals surface area contributed by atoms with E-state index in [4.69, 9.17) is 5.73 Å². The minimum Gasteiger partial charge on any atom is -0.370 e. The standard InChI is InChI=1S/C14H18F3N3/c15-14(16,17)12-6-4-5-11(9-12)10-19-13(18)20-7-2-1-3-8-20/h4-6,9H,1-3,7-8,10H2,(H2,18,19). The maximum absolute atomic E-state index is 12.6. The van der Waals surface area contributed by atoms with Crippen molar-refractivity contribution in [3.8, 4) is 0 Å². The summed E-state index contributed by atoms with van der Waals surface area (Å²) in [6.45, 7) is 1.92. The van der Waals surface area contributed by atoms with E-state index in [9.17, 15) is 13.2 Å². The number of aliphatic imine (C=N–C) groups is 1. The Labute approximate surface area is 116 Å². The Hall–Kier alpha value is -1.72. The lowest BCUT2D eigenvalue weighted by molar-refractivity contribution is -0.137. The average molecular weight is 285 g/mol. The first-order valence-corrected chi connectivity index (χ1v) is 6.68. The van der Waals surface area contributed by atoms with E-state index in [2.05, 4.69) is 4.99 Å². The SMILES string of the molecule is NC(=NCc1cccc(C(F)(F)F)c1)N1CCCCC1. The van der Waals surface area contributed by atoms with E-state index in [1.165, 1.54) is 12.5 Å².